The molecular formula is C12H21ClN4O. The van der Waals surface area contributed by atoms with Crippen molar-refractivity contribution < 1.29 is 4.79 Å². The van der Waals surface area contributed by atoms with Gasteiger partial charge in [-0.1, -0.05) is 0 Å². The van der Waals surface area contributed by atoms with Crippen LogP contribution in [-0.2, 0) is 7.05 Å². The van der Waals surface area contributed by atoms with Crippen molar-refractivity contribution in [2.24, 2.45) is 7.05 Å². The molecule has 2 rings (SSSR count). The average Bonchev–Trinajstić information content (AvgIpc) is 2.58. The van der Waals surface area contributed by atoms with Crippen molar-refractivity contribution in [3.8, 4) is 0 Å². The standard InChI is InChI=1S/C12H20N4O.ClH/c1-8-6-10(4-5-13-8)14-12(17)11-7-16(3)15-9(11)2;/h7-8,10,13H,4-6H2,1-3H3,(H,14,17);1H. The van der Waals surface area contributed by atoms with Crippen LogP contribution < -0.4 is 10.6 Å². The first-order valence-corrected chi connectivity index (χ1v) is 6.10. The monoisotopic (exact) mass is 272 g/mol. The molecule has 0 spiro atoms. The van der Waals surface area contributed by atoms with E-state index in [-0.39, 0.29) is 24.4 Å². The Hall–Kier alpha value is -1.07. The fraction of sp³-hybridized carbons (Fsp3) is 0.667. The Morgan fingerprint density at radius 2 is 2.33 bits per heavy atom. The summed E-state index contributed by atoms with van der Waals surface area (Å²) in [6.07, 6.45) is 3.76. The zero-order chi connectivity index (χ0) is 12.4. The Labute approximate surface area is 114 Å². The molecule has 6 heteroatoms. The van der Waals surface area contributed by atoms with E-state index < -0.39 is 0 Å². The molecule has 2 N–H and O–H groups in total. The highest BCUT2D eigenvalue weighted by Gasteiger charge is 2.21. The molecule has 1 aliphatic rings. The van der Waals surface area contributed by atoms with Crippen LogP contribution in [0.25, 0.3) is 0 Å². The molecule has 0 aliphatic carbocycles. The molecule has 0 saturated carbocycles. The molecule has 5 nitrogen and oxygen atoms in total. The van der Waals surface area contributed by atoms with E-state index in [4.69, 9.17) is 0 Å². The van der Waals surface area contributed by atoms with Gasteiger partial charge in [0.2, 0.25) is 0 Å². The largest absolute Gasteiger partial charge is 0.349 e. The minimum absolute atomic E-state index is 0. The SMILES string of the molecule is Cc1nn(C)cc1C(=O)NC1CCNC(C)C1.Cl. The molecule has 1 aromatic heterocycles. The third-order valence-corrected chi connectivity index (χ3v) is 3.22. The molecule has 0 bridgehead atoms. The van der Waals surface area contributed by atoms with Gasteiger partial charge in [-0.05, 0) is 33.2 Å². The number of aryl methyl sites for hydroxylation is 2. The summed E-state index contributed by atoms with van der Waals surface area (Å²) in [5.74, 6) is -0.00491. The predicted molar refractivity (Wildman–Crippen MR) is 73.1 cm³/mol. The molecule has 102 valence electrons. The lowest BCUT2D eigenvalue weighted by Gasteiger charge is -2.28. The van der Waals surface area contributed by atoms with Crippen molar-refractivity contribution in [2.45, 2.75) is 38.8 Å². The molecule has 0 aromatic carbocycles. The Morgan fingerprint density at radius 1 is 1.61 bits per heavy atom. The summed E-state index contributed by atoms with van der Waals surface area (Å²) in [6, 6.07) is 0.752. The van der Waals surface area contributed by atoms with Crippen molar-refractivity contribution in [1.82, 2.24) is 20.4 Å². The molecule has 2 atom stereocenters. The van der Waals surface area contributed by atoms with Gasteiger partial charge in [0.05, 0.1) is 11.3 Å². The van der Waals surface area contributed by atoms with Crippen LogP contribution in [0.5, 0.6) is 0 Å². The van der Waals surface area contributed by atoms with Crippen LogP contribution in [-0.4, -0.2) is 34.3 Å². The van der Waals surface area contributed by atoms with Crippen molar-refractivity contribution >= 4 is 18.3 Å². The van der Waals surface area contributed by atoms with Crippen LogP contribution in [0.1, 0.15) is 35.8 Å². The summed E-state index contributed by atoms with van der Waals surface area (Å²) in [7, 11) is 1.83. The minimum Gasteiger partial charge on any atom is -0.349 e. The molecule has 2 heterocycles. The molecule has 1 fully saturated rings. The normalized spacial score (nSPS) is 23.3. The highest BCUT2D eigenvalue weighted by molar-refractivity contribution is 5.95. The zero-order valence-electron chi connectivity index (χ0n) is 11.1. The number of nitrogens with zero attached hydrogens (tertiary/aromatic N) is 2. The van der Waals surface area contributed by atoms with Crippen LogP contribution in [0.3, 0.4) is 0 Å². The summed E-state index contributed by atoms with van der Waals surface area (Å²) in [5, 5.41) is 10.6. The Morgan fingerprint density at radius 3 is 2.89 bits per heavy atom. The Bertz CT molecular complexity index is 418. The van der Waals surface area contributed by atoms with Gasteiger partial charge in [-0.2, -0.15) is 5.10 Å². The number of carbonyl (C=O) groups is 1. The number of hydrogen-bond donors (Lipinski definition) is 2. The molecule has 1 aliphatic heterocycles. The van der Waals surface area contributed by atoms with E-state index in [9.17, 15) is 4.79 Å². The van der Waals surface area contributed by atoms with Crippen molar-refractivity contribution in [3.63, 3.8) is 0 Å². The second kappa shape index (κ2) is 6.20. The van der Waals surface area contributed by atoms with E-state index in [1.54, 1.807) is 10.9 Å². The quantitative estimate of drug-likeness (QED) is 0.845. The number of piperidine rings is 1. The van der Waals surface area contributed by atoms with Gasteiger partial charge in [-0.25, -0.2) is 0 Å². The smallest absolute Gasteiger partial charge is 0.254 e. The van der Waals surface area contributed by atoms with Gasteiger partial charge in [0.15, 0.2) is 0 Å². The van der Waals surface area contributed by atoms with Crippen LogP contribution >= 0.6 is 12.4 Å². The number of halogens is 1. The van der Waals surface area contributed by atoms with Crippen LogP contribution in [0, 0.1) is 6.92 Å². The topological polar surface area (TPSA) is 59.0 Å². The zero-order valence-corrected chi connectivity index (χ0v) is 11.9. The average molecular weight is 273 g/mol. The lowest BCUT2D eigenvalue weighted by atomic mass is 10.0. The second-order valence-electron chi connectivity index (χ2n) is 4.85. The maximum absolute atomic E-state index is 12.1. The number of amides is 1. The van der Waals surface area contributed by atoms with Gasteiger partial charge in [0.1, 0.15) is 0 Å². The summed E-state index contributed by atoms with van der Waals surface area (Å²) in [4.78, 5) is 12.1. The van der Waals surface area contributed by atoms with Crippen LogP contribution in [0.15, 0.2) is 6.20 Å². The number of aromatic nitrogens is 2. The number of carbonyl (C=O) groups excluding carboxylic acids is 1. The minimum atomic E-state index is -0.00491. The van der Waals surface area contributed by atoms with E-state index in [1.807, 2.05) is 14.0 Å². The van der Waals surface area contributed by atoms with Gasteiger partial charge in [0, 0.05) is 25.3 Å². The van der Waals surface area contributed by atoms with Gasteiger partial charge in [-0.3, -0.25) is 9.48 Å². The molecule has 1 saturated heterocycles. The van der Waals surface area contributed by atoms with Crippen LogP contribution in [0.4, 0.5) is 0 Å². The van der Waals surface area contributed by atoms with Crippen molar-refractivity contribution in [3.05, 3.63) is 17.5 Å². The number of hydrogen-bond acceptors (Lipinski definition) is 3. The third kappa shape index (κ3) is 3.46. The van der Waals surface area contributed by atoms with E-state index in [0.717, 1.165) is 25.1 Å². The first-order valence-electron chi connectivity index (χ1n) is 6.10. The van der Waals surface area contributed by atoms with E-state index in [1.165, 1.54) is 0 Å². The Balaban J connectivity index is 0.00000162. The van der Waals surface area contributed by atoms with Gasteiger partial charge >= 0.3 is 0 Å². The first kappa shape index (κ1) is 15.0. The second-order valence-corrected chi connectivity index (χ2v) is 4.85. The highest BCUT2D eigenvalue weighted by atomic mass is 35.5. The maximum Gasteiger partial charge on any atom is 0.254 e. The fourth-order valence-corrected chi connectivity index (χ4v) is 2.35. The number of rotatable bonds is 2. The summed E-state index contributed by atoms with van der Waals surface area (Å²) in [5.41, 5.74) is 1.46. The maximum atomic E-state index is 12.1. The van der Waals surface area contributed by atoms with Crippen molar-refractivity contribution in [1.29, 1.82) is 0 Å². The van der Waals surface area contributed by atoms with Gasteiger partial charge in [-0.15, -0.1) is 12.4 Å². The summed E-state index contributed by atoms with van der Waals surface area (Å²) >= 11 is 0. The van der Waals surface area contributed by atoms with E-state index >= 15 is 0 Å². The molecule has 0 radical (unpaired) electrons. The van der Waals surface area contributed by atoms with E-state index in [0.29, 0.717) is 11.6 Å². The molecule has 2 unspecified atom stereocenters. The highest BCUT2D eigenvalue weighted by Crippen LogP contribution is 2.10. The Kier molecular flexibility index (Phi) is 5.16. The molecule has 1 amide bonds. The third-order valence-electron chi connectivity index (χ3n) is 3.22. The molecule has 18 heavy (non-hydrogen) atoms. The summed E-state index contributed by atoms with van der Waals surface area (Å²) < 4.78 is 1.68. The number of nitrogens with one attached hydrogen (secondary N) is 2. The lowest BCUT2D eigenvalue weighted by molar-refractivity contribution is 0.0925. The van der Waals surface area contributed by atoms with Crippen molar-refractivity contribution in [2.75, 3.05) is 6.54 Å². The van der Waals surface area contributed by atoms with Crippen LogP contribution in [0.2, 0.25) is 0 Å². The molecule has 1 aromatic rings. The van der Waals surface area contributed by atoms with E-state index in [2.05, 4.69) is 22.7 Å². The first-order chi connectivity index (χ1) is 8.06. The lowest BCUT2D eigenvalue weighted by Crippen LogP contribution is -2.46. The van der Waals surface area contributed by atoms with Gasteiger partial charge in [0.25, 0.3) is 5.91 Å². The summed E-state index contributed by atoms with van der Waals surface area (Å²) in [6.45, 7) is 4.98. The predicted octanol–water partition coefficient (Wildman–Crippen LogP) is 1.02. The molecular weight excluding hydrogens is 252 g/mol. The van der Waals surface area contributed by atoms with Gasteiger partial charge < -0.3 is 10.6 Å². The fourth-order valence-electron chi connectivity index (χ4n) is 2.35.